The molecule has 120 valence electrons. The van der Waals surface area contributed by atoms with Gasteiger partial charge in [-0.25, -0.2) is 8.42 Å². The highest BCUT2D eigenvalue weighted by Crippen LogP contribution is 2.14. The number of carbonyl (C=O) groups is 1. The number of sulfone groups is 1. The van der Waals surface area contributed by atoms with Crippen LogP contribution in [0.1, 0.15) is 19.4 Å². The van der Waals surface area contributed by atoms with E-state index in [0.717, 1.165) is 4.47 Å². The molecule has 0 heterocycles. The van der Waals surface area contributed by atoms with Crippen molar-refractivity contribution in [1.82, 2.24) is 5.32 Å². The second-order valence-electron chi connectivity index (χ2n) is 5.30. The van der Waals surface area contributed by atoms with Gasteiger partial charge < -0.3 is 11.1 Å². The Morgan fingerprint density at radius 2 is 2.00 bits per heavy atom. The third-order valence-corrected chi connectivity index (χ3v) is 4.58. The topological polar surface area (TPSA) is 89.3 Å². The monoisotopic (exact) mass is 398 g/mol. The van der Waals surface area contributed by atoms with Gasteiger partial charge >= 0.3 is 0 Å². The van der Waals surface area contributed by atoms with Gasteiger partial charge in [0, 0.05) is 16.6 Å². The first-order chi connectivity index (χ1) is 9.13. The molecule has 0 bridgehead atoms. The number of benzene rings is 1. The zero-order valence-electron chi connectivity index (χ0n) is 11.9. The SMILES string of the molecule is CC(C)(CN)NC(=O)CS(=O)(=O)Cc1cccc(Br)c1.Cl. The Morgan fingerprint density at radius 1 is 1.38 bits per heavy atom. The van der Waals surface area contributed by atoms with Gasteiger partial charge in [-0.2, -0.15) is 0 Å². The summed E-state index contributed by atoms with van der Waals surface area (Å²) in [6.07, 6.45) is 0. The van der Waals surface area contributed by atoms with Crippen molar-refractivity contribution in [1.29, 1.82) is 0 Å². The second kappa shape index (κ2) is 8.12. The Morgan fingerprint density at radius 3 is 2.52 bits per heavy atom. The summed E-state index contributed by atoms with van der Waals surface area (Å²) in [5.41, 5.74) is 5.52. The lowest BCUT2D eigenvalue weighted by Crippen LogP contribution is -2.50. The molecule has 0 saturated heterocycles. The van der Waals surface area contributed by atoms with E-state index >= 15 is 0 Å². The Hall–Kier alpha value is -0.630. The van der Waals surface area contributed by atoms with Gasteiger partial charge in [0.05, 0.1) is 5.75 Å². The molecule has 1 aromatic rings. The average molecular weight is 400 g/mol. The molecule has 0 unspecified atom stereocenters. The first-order valence-electron chi connectivity index (χ1n) is 6.09. The third-order valence-electron chi connectivity index (χ3n) is 2.61. The Kier molecular flexibility index (Phi) is 7.88. The minimum Gasteiger partial charge on any atom is -0.349 e. The second-order valence-corrected chi connectivity index (χ2v) is 8.28. The maximum Gasteiger partial charge on any atom is 0.235 e. The fourth-order valence-electron chi connectivity index (χ4n) is 1.60. The minimum absolute atomic E-state index is 0. The van der Waals surface area contributed by atoms with Crippen LogP contribution >= 0.6 is 28.3 Å². The number of halogens is 2. The van der Waals surface area contributed by atoms with Crippen molar-refractivity contribution in [2.45, 2.75) is 25.1 Å². The quantitative estimate of drug-likeness (QED) is 0.761. The molecule has 0 atom stereocenters. The molecule has 1 rings (SSSR count). The van der Waals surface area contributed by atoms with Crippen molar-refractivity contribution in [3.63, 3.8) is 0 Å². The molecule has 21 heavy (non-hydrogen) atoms. The molecule has 0 radical (unpaired) electrons. The standard InChI is InChI=1S/C13H19BrN2O3S.ClH/c1-13(2,9-15)16-12(17)8-20(18,19)7-10-4-3-5-11(14)6-10;/h3-6H,7-9,15H2,1-2H3,(H,16,17);1H. The lowest BCUT2D eigenvalue weighted by atomic mass is 10.1. The molecule has 0 saturated carbocycles. The lowest BCUT2D eigenvalue weighted by molar-refractivity contribution is -0.120. The van der Waals surface area contributed by atoms with Crippen molar-refractivity contribution in [3.8, 4) is 0 Å². The predicted octanol–water partition coefficient (Wildman–Crippen LogP) is 1.64. The van der Waals surface area contributed by atoms with Crippen LogP contribution in [0, 0.1) is 0 Å². The number of nitrogens with one attached hydrogen (secondary N) is 1. The van der Waals surface area contributed by atoms with Gasteiger partial charge in [-0.3, -0.25) is 4.79 Å². The number of rotatable bonds is 6. The fraction of sp³-hybridized carbons (Fsp3) is 0.462. The van der Waals surface area contributed by atoms with Gasteiger partial charge in [-0.05, 0) is 31.5 Å². The first-order valence-corrected chi connectivity index (χ1v) is 8.71. The van der Waals surface area contributed by atoms with Crippen molar-refractivity contribution in [2.24, 2.45) is 5.73 Å². The van der Waals surface area contributed by atoms with Crippen LogP contribution < -0.4 is 11.1 Å². The van der Waals surface area contributed by atoms with Crippen molar-refractivity contribution >= 4 is 44.1 Å². The van der Waals surface area contributed by atoms with E-state index in [9.17, 15) is 13.2 Å². The van der Waals surface area contributed by atoms with Crippen molar-refractivity contribution in [3.05, 3.63) is 34.3 Å². The van der Waals surface area contributed by atoms with Gasteiger partial charge in [0.25, 0.3) is 0 Å². The number of nitrogens with two attached hydrogens (primary N) is 1. The van der Waals surface area contributed by atoms with Gasteiger partial charge in [0.1, 0.15) is 5.75 Å². The highest BCUT2D eigenvalue weighted by molar-refractivity contribution is 9.10. The Bertz CT molecular complexity index is 591. The smallest absolute Gasteiger partial charge is 0.235 e. The normalized spacial score (nSPS) is 11.6. The number of amides is 1. The maximum absolute atomic E-state index is 12.0. The molecule has 1 aromatic carbocycles. The van der Waals surface area contributed by atoms with E-state index in [0.29, 0.717) is 5.56 Å². The summed E-state index contributed by atoms with van der Waals surface area (Å²) in [6, 6.07) is 7.00. The molecule has 0 aliphatic heterocycles. The van der Waals surface area contributed by atoms with Gasteiger partial charge in [0.2, 0.25) is 5.91 Å². The van der Waals surface area contributed by atoms with Crippen LogP contribution in [0.2, 0.25) is 0 Å². The molecule has 0 aliphatic rings. The van der Waals surface area contributed by atoms with Crippen LogP contribution in [-0.4, -0.2) is 32.2 Å². The minimum atomic E-state index is -3.50. The number of hydrogen-bond donors (Lipinski definition) is 2. The summed E-state index contributed by atoms with van der Waals surface area (Å²) < 4.78 is 24.8. The molecule has 0 spiro atoms. The molecule has 5 nitrogen and oxygen atoms in total. The molecule has 0 aliphatic carbocycles. The fourth-order valence-corrected chi connectivity index (χ4v) is 3.30. The predicted molar refractivity (Wildman–Crippen MR) is 90.2 cm³/mol. The van der Waals surface area contributed by atoms with E-state index in [4.69, 9.17) is 5.73 Å². The summed E-state index contributed by atoms with van der Waals surface area (Å²) in [5.74, 6) is -1.23. The zero-order chi connectivity index (χ0) is 15.4. The molecule has 8 heteroatoms. The molecular formula is C13H20BrClN2O3S. The molecule has 0 aromatic heterocycles. The summed E-state index contributed by atoms with van der Waals surface area (Å²) in [6.45, 7) is 3.72. The summed E-state index contributed by atoms with van der Waals surface area (Å²) in [4.78, 5) is 11.7. The number of hydrogen-bond acceptors (Lipinski definition) is 4. The lowest BCUT2D eigenvalue weighted by Gasteiger charge is -2.24. The summed E-state index contributed by atoms with van der Waals surface area (Å²) >= 11 is 3.28. The van der Waals surface area contributed by atoms with Crippen molar-refractivity contribution < 1.29 is 13.2 Å². The summed E-state index contributed by atoms with van der Waals surface area (Å²) in [7, 11) is -3.50. The molecule has 0 fully saturated rings. The van der Waals surface area contributed by atoms with Gasteiger partial charge in [-0.1, -0.05) is 28.1 Å². The molecular weight excluding hydrogens is 380 g/mol. The zero-order valence-corrected chi connectivity index (χ0v) is 15.1. The van der Waals surface area contributed by atoms with Crippen LogP contribution in [-0.2, 0) is 20.4 Å². The van der Waals surface area contributed by atoms with Crippen LogP contribution in [0.15, 0.2) is 28.7 Å². The maximum atomic E-state index is 12.0. The molecule has 1 amide bonds. The van der Waals surface area contributed by atoms with Crippen LogP contribution in [0.3, 0.4) is 0 Å². The summed E-state index contributed by atoms with van der Waals surface area (Å²) in [5, 5.41) is 2.61. The largest absolute Gasteiger partial charge is 0.349 e. The van der Waals surface area contributed by atoms with Crippen molar-refractivity contribution in [2.75, 3.05) is 12.3 Å². The van der Waals surface area contributed by atoms with Gasteiger partial charge in [0.15, 0.2) is 9.84 Å². The van der Waals surface area contributed by atoms with E-state index in [1.54, 1.807) is 32.0 Å². The highest BCUT2D eigenvalue weighted by atomic mass is 79.9. The van der Waals surface area contributed by atoms with Crippen LogP contribution in [0.25, 0.3) is 0 Å². The van der Waals surface area contributed by atoms with E-state index in [1.807, 2.05) is 6.07 Å². The first kappa shape index (κ1) is 20.4. The number of carbonyl (C=O) groups excluding carboxylic acids is 1. The van der Waals surface area contributed by atoms with Gasteiger partial charge in [-0.15, -0.1) is 12.4 Å². The molecule has 3 N–H and O–H groups in total. The van der Waals surface area contributed by atoms with Crippen LogP contribution in [0.5, 0.6) is 0 Å². The average Bonchev–Trinajstić information content (AvgIpc) is 2.26. The van der Waals surface area contributed by atoms with E-state index in [1.165, 1.54) is 0 Å². The third kappa shape index (κ3) is 7.80. The van der Waals surface area contributed by atoms with E-state index < -0.39 is 27.0 Å². The highest BCUT2D eigenvalue weighted by Gasteiger charge is 2.23. The van der Waals surface area contributed by atoms with E-state index in [-0.39, 0.29) is 24.7 Å². The Balaban J connectivity index is 0.00000400. The Labute approximate surface area is 140 Å². The van der Waals surface area contributed by atoms with Crippen LogP contribution in [0.4, 0.5) is 0 Å². The van der Waals surface area contributed by atoms with E-state index in [2.05, 4.69) is 21.2 Å².